The minimum Gasteiger partial charge on any atom is -0.447 e. The number of nitrogens with zero attached hydrogens (tertiary/aromatic N) is 1. The molecule has 2 amide bonds. The third kappa shape index (κ3) is 1.51. The van der Waals surface area contributed by atoms with E-state index in [1.165, 1.54) is 4.90 Å². The van der Waals surface area contributed by atoms with Crippen LogP contribution in [0.1, 0.15) is 6.42 Å². The lowest BCUT2D eigenvalue weighted by Gasteiger charge is -2.13. The Morgan fingerprint density at radius 1 is 1.46 bits per heavy atom. The van der Waals surface area contributed by atoms with Gasteiger partial charge in [0.2, 0.25) is 5.91 Å². The molecule has 5 heteroatoms. The van der Waals surface area contributed by atoms with Gasteiger partial charge in [-0.15, -0.1) is 0 Å². The molecule has 0 aromatic rings. The number of hydrogen-bond donors (Lipinski definition) is 0. The van der Waals surface area contributed by atoms with Gasteiger partial charge in [0.15, 0.2) is 0 Å². The van der Waals surface area contributed by atoms with Gasteiger partial charge < -0.3 is 9.47 Å². The molecule has 0 bridgehead atoms. The van der Waals surface area contributed by atoms with Crippen molar-refractivity contribution in [3.8, 4) is 0 Å². The van der Waals surface area contributed by atoms with Crippen LogP contribution in [0.4, 0.5) is 4.79 Å². The van der Waals surface area contributed by atoms with E-state index in [1.54, 1.807) is 0 Å². The van der Waals surface area contributed by atoms with Crippen LogP contribution in [0.25, 0.3) is 0 Å². The molecule has 1 unspecified atom stereocenters. The summed E-state index contributed by atoms with van der Waals surface area (Å²) in [5.41, 5.74) is 0. The van der Waals surface area contributed by atoms with E-state index in [9.17, 15) is 9.59 Å². The zero-order chi connectivity index (χ0) is 9.26. The van der Waals surface area contributed by atoms with Gasteiger partial charge in [-0.05, 0) is 6.42 Å². The van der Waals surface area contributed by atoms with Crippen molar-refractivity contribution in [2.45, 2.75) is 6.42 Å². The van der Waals surface area contributed by atoms with E-state index < -0.39 is 6.09 Å². The number of imide groups is 1. The molecule has 72 valence electrons. The zero-order valence-corrected chi connectivity index (χ0v) is 7.19. The van der Waals surface area contributed by atoms with Crippen LogP contribution in [0.2, 0.25) is 0 Å². The normalized spacial score (nSPS) is 27.8. The van der Waals surface area contributed by atoms with E-state index in [0.717, 1.165) is 0 Å². The molecule has 2 saturated heterocycles. The average molecular weight is 185 g/mol. The van der Waals surface area contributed by atoms with Crippen LogP contribution in [0.3, 0.4) is 0 Å². The molecule has 2 aliphatic rings. The van der Waals surface area contributed by atoms with Gasteiger partial charge in [0, 0.05) is 6.61 Å². The maximum Gasteiger partial charge on any atom is 0.416 e. The molecule has 2 aliphatic heterocycles. The largest absolute Gasteiger partial charge is 0.447 e. The summed E-state index contributed by atoms with van der Waals surface area (Å²) in [6.45, 7) is 1.74. The minimum absolute atomic E-state index is 0.148. The first kappa shape index (κ1) is 8.50. The molecule has 1 atom stereocenters. The average Bonchev–Trinajstić information content (AvgIpc) is 2.72. The van der Waals surface area contributed by atoms with Gasteiger partial charge in [-0.3, -0.25) is 4.79 Å². The molecular formula is C8H11NO4. The molecule has 0 aromatic heterocycles. The standard InChI is InChI=1S/C8H11NO4/c10-7(6-1-3-12-5-6)9-2-4-13-8(9)11/h6H,1-5H2. The Bertz CT molecular complexity index is 234. The summed E-state index contributed by atoms with van der Waals surface area (Å²) in [6, 6.07) is 0. The number of cyclic esters (lactones) is 1. The van der Waals surface area contributed by atoms with Crippen LogP contribution in [-0.2, 0) is 14.3 Å². The van der Waals surface area contributed by atoms with E-state index in [0.29, 0.717) is 32.8 Å². The van der Waals surface area contributed by atoms with Crippen molar-refractivity contribution in [3.63, 3.8) is 0 Å². The van der Waals surface area contributed by atoms with Gasteiger partial charge in [-0.2, -0.15) is 0 Å². The van der Waals surface area contributed by atoms with Crippen molar-refractivity contribution < 1.29 is 19.1 Å². The highest BCUT2D eigenvalue weighted by atomic mass is 16.6. The number of amides is 2. The highest BCUT2D eigenvalue weighted by Gasteiger charge is 2.35. The molecule has 2 heterocycles. The number of ether oxygens (including phenoxy) is 2. The van der Waals surface area contributed by atoms with Crippen LogP contribution < -0.4 is 0 Å². The second kappa shape index (κ2) is 3.33. The highest BCUT2D eigenvalue weighted by Crippen LogP contribution is 2.17. The smallest absolute Gasteiger partial charge is 0.416 e. The maximum absolute atomic E-state index is 11.6. The van der Waals surface area contributed by atoms with Crippen LogP contribution in [0.15, 0.2) is 0 Å². The molecule has 2 rings (SSSR count). The van der Waals surface area contributed by atoms with Crippen LogP contribution in [0.5, 0.6) is 0 Å². The third-order valence-electron chi connectivity index (χ3n) is 2.31. The van der Waals surface area contributed by atoms with Crippen molar-refractivity contribution in [1.29, 1.82) is 0 Å². The number of carbonyl (C=O) groups excluding carboxylic acids is 2. The zero-order valence-electron chi connectivity index (χ0n) is 7.19. The fourth-order valence-corrected chi connectivity index (χ4v) is 1.54. The lowest BCUT2D eigenvalue weighted by atomic mass is 10.1. The lowest BCUT2D eigenvalue weighted by Crippen LogP contribution is -2.36. The first-order valence-corrected chi connectivity index (χ1v) is 4.35. The van der Waals surface area contributed by atoms with Crippen molar-refractivity contribution in [2.75, 3.05) is 26.4 Å². The summed E-state index contributed by atoms with van der Waals surface area (Å²) in [5, 5.41) is 0. The van der Waals surface area contributed by atoms with Gasteiger partial charge in [-0.25, -0.2) is 9.69 Å². The van der Waals surface area contributed by atoms with Gasteiger partial charge in [0.05, 0.1) is 19.1 Å². The fourth-order valence-electron chi connectivity index (χ4n) is 1.54. The molecule has 0 radical (unpaired) electrons. The summed E-state index contributed by atoms with van der Waals surface area (Å²) < 4.78 is 9.74. The fraction of sp³-hybridized carbons (Fsp3) is 0.750. The molecule has 5 nitrogen and oxygen atoms in total. The van der Waals surface area contributed by atoms with E-state index in [2.05, 4.69) is 4.74 Å². The summed E-state index contributed by atoms with van der Waals surface area (Å²) in [6.07, 6.45) is 0.194. The second-order valence-electron chi connectivity index (χ2n) is 3.16. The van der Waals surface area contributed by atoms with Gasteiger partial charge in [-0.1, -0.05) is 0 Å². The summed E-state index contributed by atoms with van der Waals surface area (Å²) in [5.74, 6) is -0.300. The Morgan fingerprint density at radius 2 is 2.31 bits per heavy atom. The minimum atomic E-state index is -0.517. The van der Waals surface area contributed by atoms with Crippen molar-refractivity contribution in [3.05, 3.63) is 0 Å². The van der Waals surface area contributed by atoms with Crippen LogP contribution >= 0.6 is 0 Å². The molecule has 0 N–H and O–H groups in total. The van der Waals surface area contributed by atoms with Gasteiger partial charge >= 0.3 is 6.09 Å². The SMILES string of the molecule is O=C1OCCN1C(=O)C1CCOC1. The molecule has 0 saturated carbocycles. The topological polar surface area (TPSA) is 55.8 Å². The molecule has 0 aliphatic carbocycles. The Balaban J connectivity index is 1.99. The van der Waals surface area contributed by atoms with E-state index in [-0.39, 0.29) is 11.8 Å². The predicted molar refractivity (Wildman–Crippen MR) is 42.0 cm³/mol. The van der Waals surface area contributed by atoms with Gasteiger partial charge in [0.25, 0.3) is 0 Å². The quantitative estimate of drug-likeness (QED) is 0.577. The second-order valence-corrected chi connectivity index (χ2v) is 3.16. The number of hydrogen-bond acceptors (Lipinski definition) is 4. The Kier molecular flexibility index (Phi) is 2.18. The van der Waals surface area contributed by atoms with Crippen LogP contribution in [0, 0.1) is 5.92 Å². The molecule has 2 fully saturated rings. The Hall–Kier alpha value is -1.10. The summed E-state index contributed by atoms with van der Waals surface area (Å²) in [7, 11) is 0. The summed E-state index contributed by atoms with van der Waals surface area (Å²) >= 11 is 0. The number of carbonyl (C=O) groups is 2. The van der Waals surface area contributed by atoms with Gasteiger partial charge in [0.1, 0.15) is 6.61 Å². The Labute approximate surface area is 75.6 Å². The van der Waals surface area contributed by atoms with Crippen LogP contribution in [-0.4, -0.2) is 43.3 Å². The maximum atomic E-state index is 11.6. The highest BCUT2D eigenvalue weighted by molar-refractivity contribution is 5.94. The molecule has 13 heavy (non-hydrogen) atoms. The van der Waals surface area contributed by atoms with E-state index in [1.807, 2.05) is 0 Å². The Morgan fingerprint density at radius 3 is 2.85 bits per heavy atom. The number of rotatable bonds is 1. The van der Waals surface area contributed by atoms with E-state index in [4.69, 9.17) is 4.74 Å². The monoisotopic (exact) mass is 185 g/mol. The summed E-state index contributed by atoms with van der Waals surface area (Å²) in [4.78, 5) is 23.8. The van der Waals surface area contributed by atoms with Crippen molar-refractivity contribution in [1.82, 2.24) is 4.90 Å². The molecular weight excluding hydrogens is 174 g/mol. The van der Waals surface area contributed by atoms with Crippen molar-refractivity contribution in [2.24, 2.45) is 5.92 Å². The van der Waals surface area contributed by atoms with E-state index >= 15 is 0 Å². The lowest BCUT2D eigenvalue weighted by molar-refractivity contribution is -0.131. The first-order chi connectivity index (χ1) is 6.29. The van der Waals surface area contributed by atoms with Crippen molar-refractivity contribution >= 4 is 12.0 Å². The first-order valence-electron chi connectivity index (χ1n) is 4.35. The predicted octanol–water partition coefficient (Wildman–Crippen LogP) is 0.00170. The molecule has 0 spiro atoms. The third-order valence-corrected chi connectivity index (χ3v) is 2.31. The molecule has 0 aromatic carbocycles.